The second-order valence-electron chi connectivity index (χ2n) is 4.98. The molecule has 3 unspecified atom stereocenters. The van der Waals surface area contributed by atoms with Crippen LogP contribution in [-0.4, -0.2) is 37.1 Å². The fraction of sp³-hybridized carbons (Fsp3) is 1.00. The topological polar surface area (TPSA) is 15.3 Å². The van der Waals surface area contributed by atoms with E-state index in [0.29, 0.717) is 12.1 Å². The predicted octanol–water partition coefficient (Wildman–Crippen LogP) is 2.49. The third kappa shape index (κ3) is 3.46. The Balaban J connectivity index is 2.38. The Morgan fingerprint density at radius 2 is 2.13 bits per heavy atom. The lowest BCUT2D eigenvalue weighted by Gasteiger charge is -2.31. The van der Waals surface area contributed by atoms with Gasteiger partial charge in [-0.3, -0.25) is 4.90 Å². The zero-order chi connectivity index (χ0) is 11.3. The van der Waals surface area contributed by atoms with Crippen molar-refractivity contribution in [3.63, 3.8) is 0 Å². The SMILES string of the molecule is CCCC1CCN(C(C)C(CC)NC)C1. The molecule has 2 nitrogen and oxygen atoms in total. The number of hydrogen-bond acceptors (Lipinski definition) is 2. The summed E-state index contributed by atoms with van der Waals surface area (Å²) in [5.74, 6) is 0.965. The standard InChI is InChI=1S/C13H28N2/c1-5-7-12-8-9-15(10-12)11(3)13(6-2)14-4/h11-14H,5-10H2,1-4H3. The largest absolute Gasteiger partial charge is 0.315 e. The molecule has 1 heterocycles. The van der Waals surface area contributed by atoms with Gasteiger partial charge in [0.15, 0.2) is 0 Å². The van der Waals surface area contributed by atoms with Crippen LogP contribution < -0.4 is 5.32 Å². The van der Waals surface area contributed by atoms with Gasteiger partial charge in [-0.05, 0) is 45.7 Å². The quantitative estimate of drug-likeness (QED) is 0.728. The molecule has 1 N–H and O–H groups in total. The van der Waals surface area contributed by atoms with Gasteiger partial charge in [0.1, 0.15) is 0 Å². The first-order chi connectivity index (χ1) is 7.22. The molecule has 1 aliphatic rings. The molecule has 3 atom stereocenters. The van der Waals surface area contributed by atoms with Gasteiger partial charge in [-0.1, -0.05) is 20.3 Å². The van der Waals surface area contributed by atoms with Crippen LogP contribution >= 0.6 is 0 Å². The van der Waals surface area contributed by atoms with Crippen LogP contribution in [0.3, 0.4) is 0 Å². The summed E-state index contributed by atoms with van der Waals surface area (Å²) < 4.78 is 0. The van der Waals surface area contributed by atoms with Crippen LogP contribution in [0.25, 0.3) is 0 Å². The average Bonchev–Trinajstić information content (AvgIpc) is 2.68. The third-order valence-corrected chi connectivity index (χ3v) is 3.98. The molecule has 90 valence electrons. The Hall–Kier alpha value is -0.0800. The second kappa shape index (κ2) is 6.49. The van der Waals surface area contributed by atoms with Crippen molar-refractivity contribution in [2.45, 2.75) is 58.5 Å². The first kappa shape index (κ1) is 13.0. The molecule has 1 aliphatic heterocycles. The maximum absolute atomic E-state index is 3.43. The lowest BCUT2D eigenvalue weighted by molar-refractivity contribution is 0.199. The highest BCUT2D eigenvalue weighted by Gasteiger charge is 2.28. The van der Waals surface area contributed by atoms with Crippen molar-refractivity contribution in [1.29, 1.82) is 0 Å². The van der Waals surface area contributed by atoms with Crippen molar-refractivity contribution in [2.24, 2.45) is 5.92 Å². The molecule has 2 heteroatoms. The molecule has 15 heavy (non-hydrogen) atoms. The van der Waals surface area contributed by atoms with Gasteiger partial charge in [-0.2, -0.15) is 0 Å². The highest BCUT2D eigenvalue weighted by molar-refractivity contribution is 4.85. The minimum atomic E-state index is 0.658. The molecular weight excluding hydrogens is 184 g/mol. The van der Waals surface area contributed by atoms with E-state index in [-0.39, 0.29) is 0 Å². The third-order valence-electron chi connectivity index (χ3n) is 3.98. The number of rotatable bonds is 6. The molecule has 0 aromatic carbocycles. The van der Waals surface area contributed by atoms with Crippen molar-refractivity contribution in [2.75, 3.05) is 20.1 Å². The van der Waals surface area contributed by atoms with E-state index < -0.39 is 0 Å². The van der Waals surface area contributed by atoms with Gasteiger partial charge < -0.3 is 5.32 Å². The van der Waals surface area contributed by atoms with Crippen LogP contribution in [0.15, 0.2) is 0 Å². The molecule has 0 saturated carbocycles. The Labute approximate surface area is 95.4 Å². The first-order valence-corrected chi connectivity index (χ1v) is 6.64. The summed E-state index contributed by atoms with van der Waals surface area (Å²) in [5.41, 5.74) is 0. The Morgan fingerprint density at radius 1 is 1.40 bits per heavy atom. The average molecular weight is 212 g/mol. The van der Waals surface area contributed by atoms with E-state index in [1.807, 2.05) is 0 Å². The van der Waals surface area contributed by atoms with Crippen LogP contribution in [0.2, 0.25) is 0 Å². The van der Waals surface area contributed by atoms with E-state index in [0.717, 1.165) is 5.92 Å². The highest BCUT2D eigenvalue weighted by atomic mass is 15.2. The zero-order valence-electron chi connectivity index (χ0n) is 10.9. The normalized spacial score (nSPS) is 26.8. The molecule has 0 aromatic heterocycles. The summed E-state index contributed by atoms with van der Waals surface area (Å²) in [5, 5.41) is 3.43. The van der Waals surface area contributed by atoms with Gasteiger partial charge in [0, 0.05) is 18.6 Å². The number of hydrogen-bond donors (Lipinski definition) is 1. The summed E-state index contributed by atoms with van der Waals surface area (Å²) in [6.45, 7) is 9.59. The molecular formula is C13H28N2. The summed E-state index contributed by atoms with van der Waals surface area (Å²) >= 11 is 0. The number of nitrogens with one attached hydrogen (secondary N) is 1. The minimum Gasteiger partial charge on any atom is -0.315 e. The lowest BCUT2D eigenvalue weighted by atomic mass is 10.0. The summed E-state index contributed by atoms with van der Waals surface area (Å²) in [7, 11) is 2.09. The van der Waals surface area contributed by atoms with Crippen LogP contribution in [0, 0.1) is 5.92 Å². The fourth-order valence-corrected chi connectivity index (χ4v) is 2.92. The highest BCUT2D eigenvalue weighted by Crippen LogP contribution is 2.23. The number of likely N-dealkylation sites (N-methyl/N-ethyl adjacent to an activating group) is 1. The molecule has 0 bridgehead atoms. The lowest BCUT2D eigenvalue weighted by Crippen LogP contribution is -2.46. The van der Waals surface area contributed by atoms with Crippen LogP contribution in [0.4, 0.5) is 0 Å². The predicted molar refractivity (Wildman–Crippen MR) is 67.2 cm³/mol. The maximum Gasteiger partial charge on any atom is 0.0220 e. The number of likely N-dealkylation sites (tertiary alicyclic amines) is 1. The monoisotopic (exact) mass is 212 g/mol. The molecule has 0 spiro atoms. The molecule has 0 aromatic rings. The van der Waals surface area contributed by atoms with Crippen molar-refractivity contribution in [3.05, 3.63) is 0 Å². The summed E-state index contributed by atoms with van der Waals surface area (Å²) in [4.78, 5) is 2.67. The van der Waals surface area contributed by atoms with Crippen molar-refractivity contribution >= 4 is 0 Å². The van der Waals surface area contributed by atoms with Gasteiger partial charge >= 0.3 is 0 Å². The van der Waals surface area contributed by atoms with Crippen molar-refractivity contribution < 1.29 is 0 Å². The van der Waals surface area contributed by atoms with Gasteiger partial charge in [0.2, 0.25) is 0 Å². The van der Waals surface area contributed by atoms with E-state index in [2.05, 4.69) is 38.0 Å². The van der Waals surface area contributed by atoms with Gasteiger partial charge in [-0.25, -0.2) is 0 Å². The van der Waals surface area contributed by atoms with Crippen LogP contribution in [0.5, 0.6) is 0 Å². The summed E-state index contributed by atoms with van der Waals surface area (Å²) in [6, 6.07) is 1.35. The smallest absolute Gasteiger partial charge is 0.0220 e. The molecule has 1 fully saturated rings. The fourth-order valence-electron chi connectivity index (χ4n) is 2.92. The molecule has 0 amide bonds. The Morgan fingerprint density at radius 3 is 2.67 bits per heavy atom. The van der Waals surface area contributed by atoms with Crippen LogP contribution in [0.1, 0.15) is 46.5 Å². The van der Waals surface area contributed by atoms with Crippen LogP contribution in [-0.2, 0) is 0 Å². The van der Waals surface area contributed by atoms with Crippen molar-refractivity contribution in [3.8, 4) is 0 Å². The minimum absolute atomic E-state index is 0.658. The van der Waals surface area contributed by atoms with Gasteiger partial charge in [-0.15, -0.1) is 0 Å². The van der Waals surface area contributed by atoms with E-state index in [1.165, 1.54) is 38.8 Å². The molecule has 0 aliphatic carbocycles. The van der Waals surface area contributed by atoms with Gasteiger partial charge in [0.25, 0.3) is 0 Å². The summed E-state index contributed by atoms with van der Waals surface area (Å²) in [6.07, 6.45) is 5.40. The second-order valence-corrected chi connectivity index (χ2v) is 4.98. The Kier molecular flexibility index (Phi) is 5.62. The van der Waals surface area contributed by atoms with E-state index in [1.54, 1.807) is 0 Å². The Bertz CT molecular complexity index is 166. The molecule has 1 saturated heterocycles. The molecule has 0 radical (unpaired) electrons. The van der Waals surface area contributed by atoms with E-state index in [9.17, 15) is 0 Å². The molecule has 1 rings (SSSR count). The number of nitrogens with zero attached hydrogens (tertiary/aromatic N) is 1. The first-order valence-electron chi connectivity index (χ1n) is 6.64. The van der Waals surface area contributed by atoms with E-state index >= 15 is 0 Å². The van der Waals surface area contributed by atoms with Gasteiger partial charge in [0.05, 0.1) is 0 Å². The van der Waals surface area contributed by atoms with E-state index in [4.69, 9.17) is 0 Å². The zero-order valence-corrected chi connectivity index (χ0v) is 10.9. The maximum atomic E-state index is 3.43. The van der Waals surface area contributed by atoms with Crippen molar-refractivity contribution in [1.82, 2.24) is 10.2 Å².